The fourth-order valence-electron chi connectivity index (χ4n) is 5.58. The van der Waals surface area contributed by atoms with Gasteiger partial charge in [0.2, 0.25) is 5.91 Å². The van der Waals surface area contributed by atoms with Gasteiger partial charge in [0.25, 0.3) is 11.8 Å². The van der Waals surface area contributed by atoms with Gasteiger partial charge in [-0.3, -0.25) is 19.3 Å². The number of rotatable bonds is 10. The van der Waals surface area contributed by atoms with Crippen molar-refractivity contribution in [3.8, 4) is 5.75 Å². The molecule has 0 bridgehead atoms. The van der Waals surface area contributed by atoms with Crippen molar-refractivity contribution < 1.29 is 19.1 Å². The summed E-state index contributed by atoms with van der Waals surface area (Å²) in [4.78, 5) is 40.9. The van der Waals surface area contributed by atoms with Gasteiger partial charge in [0.05, 0.1) is 29.9 Å². The zero-order chi connectivity index (χ0) is 30.6. The molecule has 10 nitrogen and oxygen atoms in total. The minimum atomic E-state index is -0.306. The highest BCUT2D eigenvalue weighted by molar-refractivity contribution is 6.09. The number of para-hydroxylation sites is 1. The van der Waals surface area contributed by atoms with Crippen molar-refractivity contribution in [2.24, 2.45) is 7.05 Å². The van der Waals surface area contributed by atoms with Gasteiger partial charge in [-0.25, -0.2) is 0 Å². The van der Waals surface area contributed by atoms with Crippen LogP contribution in [0.25, 0.3) is 10.9 Å². The number of aryl methyl sites for hydroxylation is 1. The molecule has 4 rings (SSSR count). The second kappa shape index (κ2) is 13.0. The summed E-state index contributed by atoms with van der Waals surface area (Å²) in [6, 6.07) is 11.5. The largest absolute Gasteiger partial charge is 0.494 e. The zero-order valence-electron chi connectivity index (χ0n) is 25.8. The van der Waals surface area contributed by atoms with E-state index in [1.165, 1.54) is 7.11 Å². The number of carbonyl (C=O) groups excluding carboxylic acids is 3. The molecule has 1 fully saturated rings. The van der Waals surface area contributed by atoms with Crippen LogP contribution in [-0.4, -0.2) is 74.1 Å². The van der Waals surface area contributed by atoms with Crippen molar-refractivity contribution in [1.29, 1.82) is 0 Å². The summed E-state index contributed by atoms with van der Waals surface area (Å²) in [6.45, 7) is 8.89. The van der Waals surface area contributed by atoms with E-state index >= 15 is 0 Å². The highest BCUT2D eigenvalue weighted by Crippen LogP contribution is 2.36. The molecular formula is C32H44N6O4. The third-order valence-electron chi connectivity index (χ3n) is 7.99. The number of hydrogen-bond acceptors (Lipinski definition) is 6. The van der Waals surface area contributed by atoms with E-state index in [0.29, 0.717) is 42.3 Å². The SMILES string of the molecule is CNC(=O)c1cc(C(C)(C)C)cc(NC(=O)c2cc3cccc(CNCCNC(=O)[C@@H]4CCCN4C)c3n2C)c1OC. The summed E-state index contributed by atoms with van der Waals surface area (Å²) in [7, 11) is 6.92. The van der Waals surface area contributed by atoms with Crippen LogP contribution < -0.4 is 26.0 Å². The monoisotopic (exact) mass is 576 g/mol. The van der Waals surface area contributed by atoms with E-state index in [0.717, 1.165) is 41.4 Å². The first kappa shape index (κ1) is 31.1. The van der Waals surface area contributed by atoms with Crippen LogP contribution >= 0.6 is 0 Å². The maximum atomic E-state index is 13.6. The number of benzene rings is 2. The summed E-state index contributed by atoms with van der Waals surface area (Å²) in [5.41, 5.74) is 3.92. The standard InChI is InChI=1S/C32H44N6O4/c1-32(2,3)22-17-23(29(39)33-4)28(42-7)24(18-22)36-31(41)26-16-20-10-8-11-21(27(20)38(26)6)19-34-13-14-35-30(40)25-12-9-15-37(25)5/h8,10-11,16-18,25,34H,9,12-15,19H2,1-7H3,(H,33,39)(H,35,40)(H,36,41)/t25-/m0/s1. The number of amides is 3. The quantitative estimate of drug-likeness (QED) is 0.275. The molecule has 1 aliphatic rings. The Morgan fingerprint density at radius 1 is 1.05 bits per heavy atom. The lowest BCUT2D eigenvalue weighted by Crippen LogP contribution is -2.43. The third-order valence-corrected chi connectivity index (χ3v) is 7.99. The number of aromatic nitrogens is 1. The van der Waals surface area contributed by atoms with Crippen molar-refractivity contribution in [3.05, 3.63) is 58.8 Å². The van der Waals surface area contributed by atoms with E-state index < -0.39 is 0 Å². The van der Waals surface area contributed by atoms with Crippen LogP contribution in [-0.2, 0) is 23.8 Å². The van der Waals surface area contributed by atoms with E-state index in [-0.39, 0.29) is 29.2 Å². The minimum Gasteiger partial charge on any atom is -0.494 e. The normalized spacial score (nSPS) is 15.5. The van der Waals surface area contributed by atoms with E-state index in [1.807, 2.05) is 55.1 Å². The Kier molecular flexibility index (Phi) is 9.58. The Balaban J connectivity index is 1.51. The number of anilines is 1. The Hall–Kier alpha value is -3.89. The van der Waals surface area contributed by atoms with Gasteiger partial charge in [-0.2, -0.15) is 0 Å². The average molecular weight is 577 g/mol. The summed E-state index contributed by atoms with van der Waals surface area (Å²) in [5, 5.41) is 13.1. The predicted molar refractivity (Wildman–Crippen MR) is 166 cm³/mol. The van der Waals surface area contributed by atoms with E-state index in [4.69, 9.17) is 4.74 Å². The van der Waals surface area contributed by atoms with Gasteiger partial charge in [0.1, 0.15) is 5.69 Å². The Morgan fingerprint density at radius 2 is 1.81 bits per heavy atom. The molecule has 1 atom stereocenters. The van der Waals surface area contributed by atoms with E-state index in [1.54, 1.807) is 7.05 Å². The number of carbonyl (C=O) groups is 3. The maximum Gasteiger partial charge on any atom is 0.272 e. The average Bonchev–Trinajstić information content (AvgIpc) is 3.54. The number of nitrogens with one attached hydrogen (secondary N) is 4. The molecule has 2 heterocycles. The topological polar surface area (TPSA) is 117 Å². The van der Waals surface area contributed by atoms with Crippen LogP contribution in [0.15, 0.2) is 36.4 Å². The van der Waals surface area contributed by atoms with E-state index in [9.17, 15) is 14.4 Å². The van der Waals surface area contributed by atoms with Crippen molar-refractivity contribution in [2.75, 3.05) is 46.2 Å². The molecule has 0 aliphatic carbocycles. The van der Waals surface area contributed by atoms with Crippen LogP contribution in [0.3, 0.4) is 0 Å². The highest BCUT2D eigenvalue weighted by Gasteiger charge is 2.27. The van der Waals surface area contributed by atoms with Crippen molar-refractivity contribution in [1.82, 2.24) is 25.4 Å². The fourth-order valence-corrected chi connectivity index (χ4v) is 5.58. The molecule has 3 amide bonds. The zero-order valence-corrected chi connectivity index (χ0v) is 25.8. The molecule has 4 N–H and O–H groups in total. The second-order valence-electron chi connectivity index (χ2n) is 11.9. The number of methoxy groups -OCH3 is 1. The lowest BCUT2D eigenvalue weighted by Gasteiger charge is -2.23. The molecule has 42 heavy (non-hydrogen) atoms. The molecule has 0 spiro atoms. The first-order valence-corrected chi connectivity index (χ1v) is 14.5. The van der Waals surface area contributed by atoms with Crippen LogP contribution in [0, 0.1) is 0 Å². The second-order valence-corrected chi connectivity index (χ2v) is 11.9. The van der Waals surface area contributed by atoms with Gasteiger partial charge in [0.15, 0.2) is 5.75 Å². The summed E-state index contributed by atoms with van der Waals surface area (Å²) in [6.07, 6.45) is 1.96. The fraction of sp³-hybridized carbons (Fsp3) is 0.469. The molecule has 3 aromatic rings. The molecule has 0 radical (unpaired) electrons. The molecule has 10 heteroatoms. The smallest absolute Gasteiger partial charge is 0.272 e. The highest BCUT2D eigenvalue weighted by atomic mass is 16.5. The molecule has 1 aromatic heterocycles. The van der Waals surface area contributed by atoms with Gasteiger partial charge in [-0.15, -0.1) is 0 Å². The lowest BCUT2D eigenvalue weighted by atomic mass is 9.85. The number of ether oxygens (including phenoxy) is 1. The maximum absolute atomic E-state index is 13.6. The van der Waals surface area contributed by atoms with Gasteiger partial charge in [0, 0.05) is 39.1 Å². The minimum absolute atomic E-state index is 0.0297. The van der Waals surface area contributed by atoms with Crippen LogP contribution in [0.5, 0.6) is 5.75 Å². The van der Waals surface area contributed by atoms with Crippen molar-refractivity contribution in [3.63, 3.8) is 0 Å². The molecule has 1 saturated heterocycles. The van der Waals surface area contributed by atoms with Crippen LogP contribution in [0.2, 0.25) is 0 Å². The molecule has 2 aromatic carbocycles. The van der Waals surface area contributed by atoms with Crippen molar-refractivity contribution in [2.45, 2.75) is 51.6 Å². The van der Waals surface area contributed by atoms with Gasteiger partial charge < -0.3 is 30.6 Å². The first-order chi connectivity index (χ1) is 20.0. The molecule has 0 unspecified atom stereocenters. The number of nitrogens with zero attached hydrogens (tertiary/aromatic N) is 2. The Bertz CT molecular complexity index is 1470. The Labute approximate surface area is 248 Å². The van der Waals surface area contributed by atoms with Crippen LogP contribution in [0.4, 0.5) is 5.69 Å². The molecular weight excluding hydrogens is 532 g/mol. The molecule has 1 aliphatic heterocycles. The van der Waals surface area contributed by atoms with Gasteiger partial charge >= 0.3 is 0 Å². The first-order valence-electron chi connectivity index (χ1n) is 14.5. The number of fused-ring (bicyclic) bond motifs is 1. The van der Waals surface area contributed by atoms with Gasteiger partial charge in [-0.05, 0) is 61.2 Å². The van der Waals surface area contributed by atoms with Crippen molar-refractivity contribution >= 4 is 34.3 Å². The Morgan fingerprint density at radius 3 is 2.45 bits per heavy atom. The summed E-state index contributed by atoms with van der Waals surface area (Å²) in [5.74, 6) is -0.199. The number of likely N-dealkylation sites (N-methyl/N-ethyl adjacent to an activating group) is 1. The van der Waals surface area contributed by atoms with Crippen LogP contribution in [0.1, 0.15) is 65.6 Å². The van der Waals surface area contributed by atoms with E-state index in [2.05, 4.69) is 46.9 Å². The predicted octanol–water partition coefficient (Wildman–Crippen LogP) is 3.40. The third kappa shape index (κ3) is 6.60. The van der Waals surface area contributed by atoms with Gasteiger partial charge in [-0.1, -0.05) is 39.0 Å². The summed E-state index contributed by atoms with van der Waals surface area (Å²) >= 11 is 0. The molecule has 226 valence electrons. The number of likely N-dealkylation sites (tertiary alicyclic amines) is 1. The molecule has 0 saturated carbocycles. The number of hydrogen-bond donors (Lipinski definition) is 4. The summed E-state index contributed by atoms with van der Waals surface area (Å²) < 4.78 is 7.49. The lowest BCUT2D eigenvalue weighted by molar-refractivity contribution is -0.125.